The Morgan fingerprint density at radius 2 is 1.38 bits per heavy atom. The molecule has 9 rings (SSSR count). The highest BCUT2D eigenvalue weighted by molar-refractivity contribution is 8.03. The number of fused-ring (bicyclic) bond motifs is 1. The van der Waals surface area contributed by atoms with Gasteiger partial charge in [0.05, 0.1) is 0 Å². The Morgan fingerprint density at radius 1 is 0.819 bits per heavy atom. The number of nitrogens with zero attached hydrogens (tertiary/aromatic N) is 3. The third kappa shape index (κ3) is 11.0. The second-order valence-corrected chi connectivity index (χ2v) is 20.8. The molecule has 1 fully saturated rings. The predicted octanol–water partition coefficient (Wildman–Crippen LogP) is 8.77. The summed E-state index contributed by atoms with van der Waals surface area (Å²) in [6, 6.07) is 47.4. The molecule has 72 heavy (non-hydrogen) atoms. The molecule has 3 aliphatic heterocycles. The third-order valence-electron chi connectivity index (χ3n) is 11.7. The molecule has 0 saturated carbocycles. The summed E-state index contributed by atoms with van der Waals surface area (Å²) >= 11 is 3.94. The molecule has 4 heterocycles. The van der Waals surface area contributed by atoms with Gasteiger partial charge in [0.1, 0.15) is 40.6 Å². The van der Waals surface area contributed by atoms with Crippen molar-refractivity contribution in [3.8, 4) is 0 Å². The predicted molar refractivity (Wildman–Crippen MR) is 278 cm³/mol. The number of aromatic nitrogens is 1. The minimum Gasteiger partial charge on any atom is -0.457 e. The van der Waals surface area contributed by atoms with Crippen LogP contribution >= 0.6 is 34.9 Å². The fourth-order valence-electron chi connectivity index (χ4n) is 8.47. The molecule has 366 valence electrons. The maximum Gasteiger partial charge on any atom is 0.356 e. The van der Waals surface area contributed by atoms with Crippen molar-refractivity contribution in [1.29, 1.82) is 0 Å². The van der Waals surface area contributed by atoms with Gasteiger partial charge in [-0.3, -0.25) is 14.5 Å². The van der Waals surface area contributed by atoms with Crippen LogP contribution in [0.2, 0.25) is 0 Å². The van der Waals surface area contributed by atoms with Gasteiger partial charge in [0.15, 0.2) is 16.9 Å². The summed E-state index contributed by atoms with van der Waals surface area (Å²) in [5, 5.41) is 12.1. The highest BCUT2D eigenvalue weighted by Gasteiger charge is 2.55. The average molecular weight is 1020 g/mol. The van der Waals surface area contributed by atoms with E-state index in [1.54, 1.807) is 26.2 Å². The van der Waals surface area contributed by atoms with Gasteiger partial charge in [-0.1, -0.05) is 157 Å². The number of benzene rings is 5. The minimum atomic E-state index is -1.11. The molecule has 1 saturated heterocycles. The number of hydrogen-bond acceptors (Lipinski definition) is 15. The molecule has 0 unspecified atom stereocenters. The lowest BCUT2D eigenvalue weighted by Gasteiger charge is -2.49. The van der Waals surface area contributed by atoms with Crippen molar-refractivity contribution in [2.75, 3.05) is 30.0 Å². The molecule has 5 aromatic carbocycles. The Kier molecular flexibility index (Phi) is 15.1. The van der Waals surface area contributed by atoms with Crippen LogP contribution in [0.4, 0.5) is 5.13 Å². The SMILES string of the molecule is CC(C)(C)OC(=O)CO/N=C(/C(=O)N[C@@H]1C(=O)N2C(C(=O)OC(c3ccccc3)c3ccccc3)=C(CSC3=CC(=O)OC3)CS[C@H]12)c1csc(NC(c2ccccc2)(c2ccccc2)c2ccccc2)n1. The van der Waals surface area contributed by atoms with E-state index in [-0.39, 0.29) is 29.5 Å². The van der Waals surface area contributed by atoms with Gasteiger partial charge in [0.25, 0.3) is 11.8 Å². The van der Waals surface area contributed by atoms with E-state index in [1.807, 2.05) is 152 Å². The fraction of sp³-hybridized carbons (Fsp3) is 0.218. The molecule has 2 atom stereocenters. The summed E-state index contributed by atoms with van der Waals surface area (Å²) < 4.78 is 16.9. The summed E-state index contributed by atoms with van der Waals surface area (Å²) in [4.78, 5) is 80.9. The Morgan fingerprint density at radius 3 is 1.90 bits per heavy atom. The second-order valence-electron chi connectivity index (χ2n) is 17.7. The molecule has 2 amide bonds. The van der Waals surface area contributed by atoms with E-state index in [0.29, 0.717) is 21.4 Å². The first kappa shape index (κ1) is 49.5. The highest BCUT2D eigenvalue weighted by Crippen LogP contribution is 2.44. The number of nitrogens with one attached hydrogen (secondary N) is 2. The number of cyclic esters (lactones) is 1. The van der Waals surface area contributed by atoms with Gasteiger partial charge in [-0.2, -0.15) is 0 Å². The topological polar surface area (TPSA) is 175 Å². The van der Waals surface area contributed by atoms with Crippen LogP contribution in [0.15, 0.2) is 184 Å². The molecule has 6 aromatic rings. The van der Waals surface area contributed by atoms with Gasteiger partial charge in [-0.25, -0.2) is 19.4 Å². The van der Waals surface area contributed by atoms with Crippen LogP contribution in [0.1, 0.15) is 60.4 Å². The van der Waals surface area contributed by atoms with Crippen LogP contribution in [0.5, 0.6) is 0 Å². The fourth-order valence-corrected chi connectivity index (χ4v) is 11.6. The van der Waals surface area contributed by atoms with Gasteiger partial charge in [0.2, 0.25) is 6.61 Å². The Hall–Kier alpha value is -7.47. The molecule has 0 spiro atoms. The molecule has 17 heteroatoms. The van der Waals surface area contributed by atoms with Crippen molar-refractivity contribution in [2.45, 2.75) is 49.4 Å². The minimum absolute atomic E-state index is 0.0630. The summed E-state index contributed by atoms with van der Waals surface area (Å²) in [6.07, 6.45) is 0.604. The zero-order valence-corrected chi connectivity index (χ0v) is 41.8. The molecule has 1 aromatic heterocycles. The largest absolute Gasteiger partial charge is 0.457 e. The maximum absolute atomic E-state index is 14.6. The van der Waals surface area contributed by atoms with Crippen molar-refractivity contribution in [1.82, 2.24) is 15.2 Å². The number of carbonyl (C=O) groups excluding carboxylic acids is 5. The number of rotatable bonds is 18. The quantitative estimate of drug-likeness (QED) is 0.0209. The number of thioether (sulfide) groups is 2. The van der Waals surface area contributed by atoms with Crippen LogP contribution in [0.25, 0.3) is 0 Å². The van der Waals surface area contributed by atoms with E-state index in [9.17, 15) is 24.0 Å². The number of oxime groups is 1. The summed E-state index contributed by atoms with van der Waals surface area (Å²) in [5.74, 6) is -2.68. The van der Waals surface area contributed by atoms with Gasteiger partial charge in [0, 0.05) is 27.9 Å². The average Bonchev–Trinajstić information content (AvgIpc) is 4.05. The lowest BCUT2D eigenvalue weighted by Crippen LogP contribution is -2.71. The number of anilines is 1. The van der Waals surface area contributed by atoms with Crippen molar-refractivity contribution < 1.29 is 43.0 Å². The molecule has 0 bridgehead atoms. The molecular weight excluding hydrogens is 971 g/mol. The number of β-lactam (4-membered cyclic amide) rings is 1. The van der Waals surface area contributed by atoms with Gasteiger partial charge >= 0.3 is 17.9 Å². The van der Waals surface area contributed by atoms with E-state index < -0.39 is 65.0 Å². The lowest BCUT2D eigenvalue weighted by atomic mass is 9.77. The van der Waals surface area contributed by atoms with Crippen LogP contribution < -0.4 is 10.6 Å². The van der Waals surface area contributed by atoms with Crippen LogP contribution in [0, 0.1) is 0 Å². The van der Waals surface area contributed by atoms with Crippen LogP contribution in [-0.4, -0.2) is 87.1 Å². The molecule has 2 N–H and O–H groups in total. The number of amides is 2. The number of carbonyl (C=O) groups is 5. The standard InChI is InChI=1S/C55H49N5O9S3/c1-54(2,3)69-44(62)31-67-59-45(42-34-72-53(56-42)58-55(38-23-13-6-14-24-38,39-25-15-7-16-26-39)40-27-17-8-18-28-40)49(63)57-46-50(64)60-47(37(33-71-51(46)60)32-70-41-29-43(61)66-30-41)52(65)68-48(35-19-9-4-10-20-35)36-21-11-5-12-22-36/h4-29,34,46,48,51H,30-33H2,1-3H3,(H,56,58)(H,57,63)/b59-45+/t46-,51-/m1/s1. The summed E-state index contributed by atoms with van der Waals surface area (Å²) in [5.41, 5.74) is 2.97. The Bertz CT molecular complexity index is 2900. The Balaban J connectivity index is 1.02. The number of thiazole rings is 1. The van der Waals surface area contributed by atoms with E-state index in [4.69, 9.17) is 24.0 Å². The molecule has 0 radical (unpaired) electrons. The van der Waals surface area contributed by atoms with Crippen molar-refractivity contribution in [2.24, 2.45) is 5.16 Å². The first-order valence-corrected chi connectivity index (χ1v) is 25.9. The number of esters is 3. The van der Waals surface area contributed by atoms with Gasteiger partial charge in [-0.15, -0.1) is 34.9 Å². The van der Waals surface area contributed by atoms with E-state index in [2.05, 4.69) is 15.8 Å². The van der Waals surface area contributed by atoms with Crippen molar-refractivity contribution in [3.63, 3.8) is 0 Å². The molecule has 3 aliphatic rings. The molecular formula is C55H49N5O9S3. The lowest BCUT2D eigenvalue weighted by molar-refractivity contribution is -0.160. The van der Waals surface area contributed by atoms with Crippen molar-refractivity contribution in [3.05, 3.63) is 213 Å². The van der Waals surface area contributed by atoms with Gasteiger partial charge < -0.3 is 29.7 Å². The van der Waals surface area contributed by atoms with Crippen LogP contribution in [-0.2, 0) is 48.6 Å². The maximum atomic E-state index is 14.6. The van der Waals surface area contributed by atoms with E-state index in [0.717, 1.165) is 27.8 Å². The monoisotopic (exact) mass is 1020 g/mol. The third-order valence-corrected chi connectivity index (χ3v) is 14.9. The van der Waals surface area contributed by atoms with E-state index in [1.165, 1.54) is 45.8 Å². The molecule has 14 nitrogen and oxygen atoms in total. The highest BCUT2D eigenvalue weighted by atomic mass is 32.2. The summed E-state index contributed by atoms with van der Waals surface area (Å²) in [7, 11) is 0. The Labute approximate surface area is 428 Å². The number of hydrogen-bond donors (Lipinski definition) is 2. The summed E-state index contributed by atoms with van der Waals surface area (Å²) in [6.45, 7) is 4.66. The zero-order valence-electron chi connectivity index (χ0n) is 39.4. The van der Waals surface area contributed by atoms with E-state index >= 15 is 0 Å². The van der Waals surface area contributed by atoms with Gasteiger partial charge in [-0.05, 0) is 54.2 Å². The zero-order chi connectivity index (χ0) is 50.2. The van der Waals surface area contributed by atoms with Crippen LogP contribution in [0.3, 0.4) is 0 Å². The molecule has 0 aliphatic carbocycles. The van der Waals surface area contributed by atoms with Crippen molar-refractivity contribution >= 4 is 75.4 Å². The smallest absolute Gasteiger partial charge is 0.356 e. The first-order chi connectivity index (χ1) is 34.9. The normalized spacial score (nSPS) is 16.8. The first-order valence-electron chi connectivity index (χ1n) is 23.0. The second kappa shape index (κ2) is 21.9. The number of ether oxygens (including phenoxy) is 3.